The van der Waals surface area contributed by atoms with Crippen LogP contribution in [0.25, 0.3) is 0 Å². The minimum atomic E-state index is -0.305. The summed E-state index contributed by atoms with van der Waals surface area (Å²) >= 11 is 3.46. The van der Waals surface area contributed by atoms with E-state index in [1.807, 2.05) is 36.4 Å². The third-order valence-corrected chi connectivity index (χ3v) is 3.92. The smallest absolute Gasteiger partial charge is 0.158 e. The Hall–Kier alpha value is -2.78. The number of rotatable bonds is 4. The van der Waals surface area contributed by atoms with Crippen LogP contribution in [-0.4, -0.2) is 9.97 Å². The van der Waals surface area contributed by atoms with Crippen molar-refractivity contribution in [1.82, 2.24) is 9.97 Å². The molecule has 0 amide bonds. The average Bonchev–Trinajstić information content (AvgIpc) is 2.60. The van der Waals surface area contributed by atoms with E-state index in [0.717, 1.165) is 15.6 Å². The fraction of sp³-hybridized carbons (Fsp3) is 0.0556. The van der Waals surface area contributed by atoms with Crippen LogP contribution < -0.4 is 5.32 Å². The number of halogens is 2. The molecule has 1 N–H and O–H groups in total. The van der Waals surface area contributed by atoms with Crippen molar-refractivity contribution < 1.29 is 4.39 Å². The molecule has 0 fully saturated rings. The van der Waals surface area contributed by atoms with Gasteiger partial charge in [-0.15, -0.1) is 0 Å². The van der Waals surface area contributed by atoms with Crippen LogP contribution in [0.4, 0.5) is 10.2 Å². The van der Waals surface area contributed by atoms with Gasteiger partial charge in [-0.1, -0.05) is 40.2 Å². The van der Waals surface area contributed by atoms with Crippen molar-refractivity contribution in [1.29, 1.82) is 5.26 Å². The van der Waals surface area contributed by atoms with Crippen LogP contribution in [0, 0.1) is 17.1 Å². The van der Waals surface area contributed by atoms with E-state index >= 15 is 0 Å². The summed E-state index contributed by atoms with van der Waals surface area (Å²) in [5.41, 5.74) is 1.95. The van der Waals surface area contributed by atoms with Crippen molar-refractivity contribution in [2.24, 2.45) is 0 Å². The summed E-state index contributed by atoms with van der Waals surface area (Å²) in [5, 5.41) is 12.1. The molecule has 6 heteroatoms. The first-order chi connectivity index (χ1) is 11.7. The second-order valence-corrected chi connectivity index (χ2v) is 6.00. The summed E-state index contributed by atoms with van der Waals surface area (Å²) in [6.45, 7) is 0. The zero-order chi connectivity index (χ0) is 16.9. The SMILES string of the molecule is N#Cc1cnc(NC(c2cccc(F)c2)c2cccc(Br)c2)cn1. The third-order valence-electron chi connectivity index (χ3n) is 3.42. The molecule has 1 heterocycles. The van der Waals surface area contributed by atoms with Crippen molar-refractivity contribution in [3.63, 3.8) is 0 Å². The highest BCUT2D eigenvalue weighted by Crippen LogP contribution is 2.28. The van der Waals surface area contributed by atoms with E-state index in [9.17, 15) is 4.39 Å². The highest BCUT2D eigenvalue weighted by atomic mass is 79.9. The lowest BCUT2D eigenvalue weighted by atomic mass is 9.98. The van der Waals surface area contributed by atoms with Crippen molar-refractivity contribution in [2.45, 2.75) is 6.04 Å². The number of aromatic nitrogens is 2. The summed E-state index contributed by atoms with van der Waals surface area (Å²) < 4.78 is 14.6. The molecule has 0 saturated carbocycles. The summed E-state index contributed by atoms with van der Waals surface area (Å²) in [6, 6.07) is 15.8. The molecule has 1 atom stereocenters. The quantitative estimate of drug-likeness (QED) is 0.723. The predicted molar refractivity (Wildman–Crippen MR) is 92.8 cm³/mol. The Morgan fingerprint density at radius 3 is 2.42 bits per heavy atom. The van der Waals surface area contributed by atoms with Gasteiger partial charge in [-0.2, -0.15) is 5.26 Å². The van der Waals surface area contributed by atoms with Gasteiger partial charge in [0.05, 0.1) is 18.4 Å². The summed E-state index contributed by atoms with van der Waals surface area (Å²) in [6.07, 6.45) is 2.88. The molecular formula is C18H12BrFN4. The Labute approximate surface area is 147 Å². The molecule has 0 saturated heterocycles. The summed E-state index contributed by atoms with van der Waals surface area (Å²) in [5.74, 6) is 0.198. The Bertz CT molecular complexity index is 845. The lowest BCUT2D eigenvalue weighted by Crippen LogP contribution is -2.14. The van der Waals surface area contributed by atoms with E-state index in [4.69, 9.17) is 5.26 Å². The molecule has 0 bridgehead atoms. The molecule has 3 rings (SSSR count). The van der Waals surface area contributed by atoms with Crippen LogP contribution in [0.5, 0.6) is 0 Å². The van der Waals surface area contributed by atoms with Crippen LogP contribution in [0.3, 0.4) is 0 Å². The molecular weight excluding hydrogens is 371 g/mol. The first-order valence-corrected chi connectivity index (χ1v) is 7.94. The van der Waals surface area contributed by atoms with Crippen molar-refractivity contribution in [3.05, 3.63) is 88.0 Å². The van der Waals surface area contributed by atoms with Crippen LogP contribution in [0.15, 0.2) is 65.4 Å². The van der Waals surface area contributed by atoms with Gasteiger partial charge < -0.3 is 5.32 Å². The number of nitrogens with one attached hydrogen (secondary N) is 1. The Morgan fingerprint density at radius 1 is 1.04 bits per heavy atom. The molecule has 4 nitrogen and oxygen atoms in total. The molecule has 0 aliphatic rings. The van der Waals surface area contributed by atoms with Crippen LogP contribution in [-0.2, 0) is 0 Å². The topological polar surface area (TPSA) is 61.6 Å². The normalized spacial score (nSPS) is 11.5. The Morgan fingerprint density at radius 2 is 1.79 bits per heavy atom. The van der Waals surface area contributed by atoms with Crippen LogP contribution >= 0.6 is 15.9 Å². The van der Waals surface area contributed by atoms with E-state index in [0.29, 0.717) is 5.82 Å². The van der Waals surface area contributed by atoms with Gasteiger partial charge in [0.1, 0.15) is 17.7 Å². The molecule has 0 spiro atoms. The summed E-state index contributed by atoms with van der Waals surface area (Å²) in [7, 11) is 0. The third kappa shape index (κ3) is 3.76. The lowest BCUT2D eigenvalue weighted by molar-refractivity contribution is 0.624. The number of hydrogen-bond acceptors (Lipinski definition) is 4. The highest BCUT2D eigenvalue weighted by Gasteiger charge is 2.16. The average molecular weight is 383 g/mol. The monoisotopic (exact) mass is 382 g/mol. The maximum atomic E-state index is 13.7. The van der Waals surface area contributed by atoms with E-state index in [1.54, 1.807) is 6.07 Å². The number of anilines is 1. The summed E-state index contributed by atoms with van der Waals surface area (Å²) in [4.78, 5) is 8.19. The molecule has 0 aliphatic heterocycles. The molecule has 1 aromatic heterocycles. The predicted octanol–water partition coefficient (Wildman–Crippen LogP) is 4.45. The van der Waals surface area contributed by atoms with Gasteiger partial charge in [0.25, 0.3) is 0 Å². The van der Waals surface area contributed by atoms with Gasteiger partial charge in [-0.3, -0.25) is 0 Å². The van der Waals surface area contributed by atoms with Crippen molar-refractivity contribution in [3.8, 4) is 6.07 Å². The maximum absolute atomic E-state index is 13.7. The van der Waals surface area contributed by atoms with E-state index < -0.39 is 0 Å². The van der Waals surface area contributed by atoms with Gasteiger partial charge in [-0.05, 0) is 35.4 Å². The first-order valence-electron chi connectivity index (χ1n) is 7.15. The van der Waals surface area contributed by atoms with Crippen LogP contribution in [0.2, 0.25) is 0 Å². The van der Waals surface area contributed by atoms with Gasteiger partial charge >= 0.3 is 0 Å². The second-order valence-electron chi connectivity index (χ2n) is 5.09. The van der Waals surface area contributed by atoms with Gasteiger partial charge in [0.2, 0.25) is 0 Å². The first kappa shape index (κ1) is 16.1. The van der Waals surface area contributed by atoms with Crippen molar-refractivity contribution in [2.75, 3.05) is 5.32 Å². The minimum absolute atomic E-state index is 0.241. The molecule has 0 aliphatic carbocycles. The number of hydrogen-bond donors (Lipinski definition) is 1. The Balaban J connectivity index is 1.99. The molecule has 3 aromatic rings. The van der Waals surface area contributed by atoms with Gasteiger partial charge in [-0.25, -0.2) is 14.4 Å². The fourth-order valence-electron chi connectivity index (χ4n) is 2.34. The van der Waals surface area contributed by atoms with E-state index in [1.165, 1.54) is 24.5 Å². The van der Waals surface area contributed by atoms with Crippen molar-refractivity contribution >= 4 is 21.7 Å². The number of benzene rings is 2. The fourth-order valence-corrected chi connectivity index (χ4v) is 2.76. The second kappa shape index (κ2) is 7.20. The number of nitriles is 1. The van der Waals surface area contributed by atoms with Crippen LogP contribution in [0.1, 0.15) is 22.9 Å². The largest absolute Gasteiger partial charge is 0.358 e. The van der Waals surface area contributed by atoms with Gasteiger partial charge in [0.15, 0.2) is 5.69 Å². The molecule has 118 valence electrons. The minimum Gasteiger partial charge on any atom is -0.358 e. The zero-order valence-electron chi connectivity index (χ0n) is 12.4. The lowest BCUT2D eigenvalue weighted by Gasteiger charge is -2.20. The molecule has 2 aromatic carbocycles. The van der Waals surface area contributed by atoms with Gasteiger partial charge in [0, 0.05) is 4.47 Å². The van der Waals surface area contributed by atoms with E-state index in [-0.39, 0.29) is 17.6 Å². The number of nitrogens with zero attached hydrogens (tertiary/aromatic N) is 3. The molecule has 24 heavy (non-hydrogen) atoms. The van der Waals surface area contributed by atoms with E-state index in [2.05, 4.69) is 31.2 Å². The maximum Gasteiger partial charge on any atom is 0.158 e. The standard InChI is InChI=1S/C18H12BrFN4/c19-14-5-1-3-12(7-14)18(13-4-2-6-15(20)8-13)24-17-11-22-16(9-21)10-23-17/h1-8,10-11,18H,(H,23,24). The highest BCUT2D eigenvalue weighted by molar-refractivity contribution is 9.10. The zero-order valence-corrected chi connectivity index (χ0v) is 14.0. The molecule has 0 radical (unpaired) electrons. The molecule has 1 unspecified atom stereocenters. The Kier molecular flexibility index (Phi) is 4.82.